The van der Waals surface area contributed by atoms with Gasteiger partial charge in [0, 0.05) is 44.3 Å². The van der Waals surface area contributed by atoms with Gasteiger partial charge in [-0.15, -0.1) is 0 Å². The third-order valence-electron chi connectivity index (χ3n) is 3.50. The van der Waals surface area contributed by atoms with Crippen LogP contribution in [-0.4, -0.2) is 61.2 Å². The molecule has 0 aromatic rings. The Labute approximate surface area is 94.8 Å². The number of piperazine rings is 1. The van der Waals surface area contributed by atoms with Crippen LogP contribution in [0.5, 0.6) is 0 Å². The van der Waals surface area contributed by atoms with Crippen molar-refractivity contribution < 1.29 is 0 Å². The Morgan fingerprint density at radius 1 is 1.27 bits per heavy atom. The molecule has 1 saturated heterocycles. The second-order valence-corrected chi connectivity index (χ2v) is 5.08. The van der Waals surface area contributed by atoms with E-state index >= 15 is 0 Å². The molecule has 1 N–H and O–H groups in total. The molecule has 1 aliphatic heterocycles. The van der Waals surface area contributed by atoms with Crippen LogP contribution >= 0.6 is 0 Å². The summed E-state index contributed by atoms with van der Waals surface area (Å²) in [6.07, 6.45) is 0. The van der Waals surface area contributed by atoms with Crippen LogP contribution in [0, 0.1) is 0 Å². The summed E-state index contributed by atoms with van der Waals surface area (Å²) >= 11 is 0. The first kappa shape index (κ1) is 12.9. The molecule has 0 amide bonds. The third-order valence-corrected chi connectivity index (χ3v) is 3.50. The van der Waals surface area contributed by atoms with Gasteiger partial charge < -0.3 is 5.32 Å². The SMILES string of the molecule is CNCC(C)N1CCN(C(C)C)C(C)C1. The predicted molar refractivity (Wildman–Crippen MR) is 66.3 cm³/mol. The van der Waals surface area contributed by atoms with E-state index in [1.54, 1.807) is 0 Å². The van der Waals surface area contributed by atoms with Crippen LogP contribution < -0.4 is 5.32 Å². The third kappa shape index (κ3) is 3.44. The molecule has 0 saturated carbocycles. The van der Waals surface area contributed by atoms with Crippen molar-refractivity contribution in [2.45, 2.75) is 45.8 Å². The monoisotopic (exact) mass is 213 g/mol. The Morgan fingerprint density at radius 2 is 1.93 bits per heavy atom. The van der Waals surface area contributed by atoms with Gasteiger partial charge in [-0.05, 0) is 34.7 Å². The smallest absolute Gasteiger partial charge is 0.0198 e. The summed E-state index contributed by atoms with van der Waals surface area (Å²) in [6.45, 7) is 14.0. The highest BCUT2D eigenvalue weighted by molar-refractivity contribution is 4.83. The molecular weight excluding hydrogens is 186 g/mol. The van der Waals surface area contributed by atoms with Gasteiger partial charge >= 0.3 is 0 Å². The fraction of sp³-hybridized carbons (Fsp3) is 1.00. The molecule has 0 aliphatic carbocycles. The molecule has 1 fully saturated rings. The number of nitrogens with zero attached hydrogens (tertiary/aromatic N) is 2. The number of hydrogen-bond acceptors (Lipinski definition) is 3. The first-order chi connectivity index (χ1) is 7.06. The molecule has 3 nitrogen and oxygen atoms in total. The highest BCUT2D eigenvalue weighted by Crippen LogP contribution is 2.14. The molecule has 0 aromatic heterocycles. The maximum atomic E-state index is 3.26. The second kappa shape index (κ2) is 5.83. The largest absolute Gasteiger partial charge is 0.318 e. The van der Waals surface area contributed by atoms with Gasteiger partial charge in [-0.2, -0.15) is 0 Å². The molecule has 90 valence electrons. The Morgan fingerprint density at radius 3 is 2.40 bits per heavy atom. The van der Waals surface area contributed by atoms with E-state index in [-0.39, 0.29) is 0 Å². The summed E-state index contributed by atoms with van der Waals surface area (Å²) in [6, 6.07) is 2.03. The van der Waals surface area contributed by atoms with Crippen LogP contribution in [0.15, 0.2) is 0 Å². The Balaban J connectivity index is 2.43. The van der Waals surface area contributed by atoms with Crippen LogP contribution in [0.4, 0.5) is 0 Å². The summed E-state index contributed by atoms with van der Waals surface area (Å²) in [7, 11) is 2.03. The molecule has 1 aliphatic rings. The van der Waals surface area contributed by atoms with Crippen molar-refractivity contribution in [1.82, 2.24) is 15.1 Å². The van der Waals surface area contributed by atoms with Gasteiger partial charge in [-0.1, -0.05) is 0 Å². The molecule has 2 atom stereocenters. The van der Waals surface area contributed by atoms with E-state index in [1.165, 1.54) is 19.6 Å². The normalized spacial score (nSPS) is 27.2. The highest BCUT2D eigenvalue weighted by Gasteiger charge is 2.27. The zero-order chi connectivity index (χ0) is 11.4. The lowest BCUT2D eigenvalue weighted by Crippen LogP contribution is -2.57. The van der Waals surface area contributed by atoms with Gasteiger partial charge in [0.15, 0.2) is 0 Å². The van der Waals surface area contributed by atoms with Crippen LogP contribution in [-0.2, 0) is 0 Å². The molecule has 0 radical (unpaired) electrons. The topological polar surface area (TPSA) is 18.5 Å². The number of nitrogens with one attached hydrogen (secondary N) is 1. The first-order valence-corrected chi connectivity index (χ1v) is 6.20. The molecule has 3 heteroatoms. The lowest BCUT2D eigenvalue weighted by Gasteiger charge is -2.44. The van der Waals surface area contributed by atoms with Gasteiger partial charge in [-0.25, -0.2) is 0 Å². The Bertz CT molecular complexity index is 182. The van der Waals surface area contributed by atoms with E-state index < -0.39 is 0 Å². The van der Waals surface area contributed by atoms with Gasteiger partial charge in [0.2, 0.25) is 0 Å². The van der Waals surface area contributed by atoms with E-state index in [9.17, 15) is 0 Å². The number of likely N-dealkylation sites (N-methyl/N-ethyl adjacent to an activating group) is 1. The Kier molecular flexibility index (Phi) is 5.03. The minimum atomic E-state index is 0.659. The predicted octanol–water partition coefficient (Wildman–Crippen LogP) is 1.01. The van der Waals surface area contributed by atoms with Crippen molar-refractivity contribution >= 4 is 0 Å². The van der Waals surface area contributed by atoms with Crippen molar-refractivity contribution in [1.29, 1.82) is 0 Å². The van der Waals surface area contributed by atoms with Gasteiger partial charge in [-0.3, -0.25) is 9.80 Å². The van der Waals surface area contributed by atoms with E-state index in [0.29, 0.717) is 18.1 Å². The zero-order valence-corrected chi connectivity index (χ0v) is 11.0. The molecule has 15 heavy (non-hydrogen) atoms. The second-order valence-electron chi connectivity index (χ2n) is 5.08. The van der Waals surface area contributed by atoms with Crippen molar-refractivity contribution in [3.8, 4) is 0 Å². The average Bonchev–Trinajstić information content (AvgIpc) is 2.17. The zero-order valence-electron chi connectivity index (χ0n) is 11.0. The van der Waals surface area contributed by atoms with E-state index in [4.69, 9.17) is 0 Å². The molecule has 1 heterocycles. The fourth-order valence-corrected chi connectivity index (χ4v) is 2.59. The summed E-state index contributed by atoms with van der Waals surface area (Å²) in [4.78, 5) is 5.20. The maximum absolute atomic E-state index is 3.26. The summed E-state index contributed by atoms with van der Waals surface area (Å²) in [5.41, 5.74) is 0. The molecule has 0 aromatic carbocycles. The molecule has 1 rings (SSSR count). The quantitative estimate of drug-likeness (QED) is 0.752. The minimum Gasteiger partial charge on any atom is -0.318 e. The lowest BCUT2D eigenvalue weighted by atomic mass is 10.1. The fourth-order valence-electron chi connectivity index (χ4n) is 2.59. The van der Waals surface area contributed by atoms with Gasteiger partial charge in [0.25, 0.3) is 0 Å². The van der Waals surface area contributed by atoms with Crippen LogP contribution in [0.1, 0.15) is 27.7 Å². The van der Waals surface area contributed by atoms with Crippen LogP contribution in [0.25, 0.3) is 0 Å². The number of hydrogen-bond donors (Lipinski definition) is 1. The van der Waals surface area contributed by atoms with Crippen LogP contribution in [0.2, 0.25) is 0 Å². The summed E-state index contributed by atoms with van der Waals surface area (Å²) < 4.78 is 0. The van der Waals surface area contributed by atoms with Crippen molar-refractivity contribution in [2.24, 2.45) is 0 Å². The standard InChI is InChI=1S/C12H27N3/c1-10(2)15-7-6-14(9-12(15)4)11(3)8-13-5/h10-13H,6-9H2,1-5H3. The van der Waals surface area contributed by atoms with E-state index in [0.717, 1.165) is 6.54 Å². The highest BCUT2D eigenvalue weighted by atomic mass is 15.3. The van der Waals surface area contributed by atoms with Crippen LogP contribution in [0.3, 0.4) is 0 Å². The minimum absolute atomic E-state index is 0.659. The van der Waals surface area contributed by atoms with Crippen molar-refractivity contribution in [3.63, 3.8) is 0 Å². The molecule has 0 spiro atoms. The first-order valence-electron chi connectivity index (χ1n) is 6.20. The van der Waals surface area contributed by atoms with Crippen molar-refractivity contribution in [2.75, 3.05) is 33.2 Å². The Hall–Kier alpha value is -0.120. The van der Waals surface area contributed by atoms with Gasteiger partial charge in [0.1, 0.15) is 0 Å². The number of rotatable bonds is 4. The maximum Gasteiger partial charge on any atom is 0.0198 e. The molecule has 2 unspecified atom stereocenters. The van der Waals surface area contributed by atoms with Gasteiger partial charge in [0.05, 0.1) is 0 Å². The van der Waals surface area contributed by atoms with E-state index in [2.05, 4.69) is 42.8 Å². The molecule has 0 bridgehead atoms. The summed E-state index contributed by atoms with van der Waals surface area (Å²) in [5, 5.41) is 3.26. The summed E-state index contributed by atoms with van der Waals surface area (Å²) in [5.74, 6) is 0. The average molecular weight is 213 g/mol. The van der Waals surface area contributed by atoms with E-state index in [1.807, 2.05) is 7.05 Å². The van der Waals surface area contributed by atoms with Crippen molar-refractivity contribution in [3.05, 3.63) is 0 Å². The lowest BCUT2D eigenvalue weighted by molar-refractivity contribution is 0.0412. The molecular formula is C12H27N3.